The summed E-state index contributed by atoms with van der Waals surface area (Å²) in [6, 6.07) is 7.33. The summed E-state index contributed by atoms with van der Waals surface area (Å²) < 4.78 is 16.0. The Kier molecular flexibility index (Phi) is 8.29. The van der Waals surface area contributed by atoms with Crippen LogP contribution in [0.3, 0.4) is 0 Å². The molecular weight excluding hydrogens is 391 g/mol. The fraction of sp³-hybridized carbons (Fsp3) is 0.333. The molecule has 1 heterocycles. The largest absolute Gasteiger partial charge is 0.493 e. The predicted molar refractivity (Wildman–Crippen MR) is 107 cm³/mol. The molecule has 0 aliphatic heterocycles. The Balaban J connectivity index is 1.73. The lowest BCUT2D eigenvalue weighted by atomic mass is 10.1. The maximum absolute atomic E-state index is 5.98. The Labute approximate surface area is 168 Å². The molecule has 0 aliphatic carbocycles. The van der Waals surface area contributed by atoms with Crippen molar-refractivity contribution in [2.45, 2.75) is 6.42 Å². The van der Waals surface area contributed by atoms with Gasteiger partial charge in [0.25, 0.3) is 0 Å². The van der Waals surface area contributed by atoms with Gasteiger partial charge in [0.1, 0.15) is 11.6 Å². The average Bonchev–Trinajstić information content (AvgIpc) is 2.66. The molecule has 1 aromatic heterocycles. The van der Waals surface area contributed by atoms with Gasteiger partial charge in [-0.1, -0.05) is 29.3 Å². The Hall–Kier alpha value is -2.38. The number of halogens is 2. The lowest BCUT2D eigenvalue weighted by Gasteiger charge is -2.10. The highest BCUT2D eigenvalue weighted by atomic mass is 35.5. The molecule has 0 saturated carbocycles. The van der Waals surface area contributed by atoms with Crippen LogP contribution < -0.4 is 25.3 Å². The molecule has 0 aliphatic rings. The number of hydrogen-bond acceptors (Lipinski definition) is 5. The van der Waals surface area contributed by atoms with Gasteiger partial charge in [-0.3, -0.25) is 4.99 Å². The van der Waals surface area contributed by atoms with Crippen LogP contribution in [0.1, 0.15) is 5.56 Å². The summed E-state index contributed by atoms with van der Waals surface area (Å²) in [5.74, 6) is 2.05. The first-order valence-corrected chi connectivity index (χ1v) is 8.97. The van der Waals surface area contributed by atoms with Gasteiger partial charge in [-0.05, 0) is 30.2 Å². The van der Waals surface area contributed by atoms with E-state index in [4.69, 9.17) is 43.1 Å². The Bertz CT molecular complexity index is 787. The van der Waals surface area contributed by atoms with Crippen molar-refractivity contribution in [2.75, 3.05) is 33.9 Å². The van der Waals surface area contributed by atoms with Gasteiger partial charge in [0.05, 0.1) is 25.8 Å². The Morgan fingerprint density at radius 1 is 1.19 bits per heavy atom. The van der Waals surface area contributed by atoms with Crippen LogP contribution in [-0.4, -0.2) is 44.9 Å². The van der Waals surface area contributed by atoms with Gasteiger partial charge in [0.2, 0.25) is 5.88 Å². The molecule has 0 atom stereocenters. The molecule has 27 heavy (non-hydrogen) atoms. The maximum atomic E-state index is 5.98. The zero-order chi connectivity index (χ0) is 19.6. The molecule has 0 unspecified atom stereocenters. The third-order valence-corrected chi connectivity index (χ3v) is 4.03. The van der Waals surface area contributed by atoms with E-state index < -0.39 is 0 Å². The summed E-state index contributed by atoms with van der Waals surface area (Å²) in [5, 5.41) is 3.79. The van der Waals surface area contributed by atoms with Crippen LogP contribution in [0.5, 0.6) is 17.4 Å². The number of rotatable bonds is 9. The first-order valence-electron chi connectivity index (χ1n) is 8.22. The van der Waals surface area contributed by atoms with E-state index in [9.17, 15) is 0 Å². The van der Waals surface area contributed by atoms with Crippen molar-refractivity contribution in [1.29, 1.82) is 0 Å². The Morgan fingerprint density at radius 2 is 1.96 bits per heavy atom. The van der Waals surface area contributed by atoms with Crippen LogP contribution in [0.25, 0.3) is 0 Å². The monoisotopic (exact) mass is 412 g/mol. The first-order chi connectivity index (χ1) is 13.0. The molecule has 7 nitrogen and oxygen atoms in total. The van der Waals surface area contributed by atoms with Crippen molar-refractivity contribution in [3.05, 3.63) is 46.1 Å². The molecular formula is C18H22Cl2N4O3. The van der Waals surface area contributed by atoms with Crippen molar-refractivity contribution in [2.24, 2.45) is 10.7 Å². The minimum Gasteiger partial charge on any atom is -0.493 e. The second-order valence-electron chi connectivity index (χ2n) is 5.42. The minimum absolute atomic E-state index is 0.326. The zero-order valence-corrected chi connectivity index (χ0v) is 16.7. The zero-order valence-electron chi connectivity index (χ0n) is 15.2. The molecule has 2 rings (SSSR count). The van der Waals surface area contributed by atoms with Crippen LogP contribution >= 0.6 is 23.2 Å². The number of pyridine rings is 1. The van der Waals surface area contributed by atoms with Gasteiger partial charge in [0.15, 0.2) is 17.5 Å². The normalized spacial score (nSPS) is 11.2. The molecule has 3 N–H and O–H groups in total. The van der Waals surface area contributed by atoms with Gasteiger partial charge in [-0.25, -0.2) is 4.98 Å². The standard InChI is InChI=1S/C18H22Cl2N4O3/c1-25-15-4-3-12(9-16(15)26-2)5-6-22-18(21)23-7-8-27-17-14(20)10-13(19)11-24-17/h3-4,9-11H,5-8H2,1-2H3,(H3,21,22,23). The Morgan fingerprint density at radius 3 is 2.67 bits per heavy atom. The van der Waals surface area contributed by atoms with Gasteiger partial charge in [-0.2, -0.15) is 0 Å². The lowest BCUT2D eigenvalue weighted by molar-refractivity contribution is 0.310. The fourth-order valence-electron chi connectivity index (χ4n) is 2.23. The molecule has 2 aromatic rings. The summed E-state index contributed by atoms with van der Waals surface area (Å²) >= 11 is 11.8. The minimum atomic E-state index is 0.326. The first kappa shape index (κ1) is 20.9. The van der Waals surface area contributed by atoms with Gasteiger partial charge in [0, 0.05) is 12.7 Å². The van der Waals surface area contributed by atoms with Crippen molar-refractivity contribution in [1.82, 2.24) is 10.3 Å². The third-order valence-electron chi connectivity index (χ3n) is 3.55. The highest BCUT2D eigenvalue weighted by Crippen LogP contribution is 2.27. The van der Waals surface area contributed by atoms with E-state index in [0.29, 0.717) is 53.1 Å². The molecule has 0 radical (unpaired) electrons. The highest BCUT2D eigenvalue weighted by Gasteiger charge is 2.05. The predicted octanol–water partition coefficient (Wildman–Crippen LogP) is 2.93. The van der Waals surface area contributed by atoms with Crippen molar-refractivity contribution >= 4 is 29.2 Å². The number of methoxy groups -OCH3 is 2. The summed E-state index contributed by atoms with van der Waals surface area (Å²) in [6.45, 7) is 1.34. The number of nitrogens with one attached hydrogen (secondary N) is 1. The maximum Gasteiger partial charge on any atom is 0.232 e. The SMILES string of the molecule is COc1ccc(CCN=C(N)NCCOc2ncc(Cl)cc2Cl)cc1OC. The number of aliphatic imine (C=N–C) groups is 1. The number of nitrogens with zero attached hydrogens (tertiary/aromatic N) is 2. The number of aromatic nitrogens is 1. The smallest absolute Gasteiger partial charge is 0.232 e. The van der Waals surface area contributed by atoms with E-state index in [2.05, 4.69) is 15.3 Å². The van der Waals surface area contributed by atoms with Crippen LogP contribution in [0.4, 0.5) is 0 Å². The third kappa shape index (κ3) is 6.69. The van der Waals surface area contributed by atoms with Crippen LogP contribution in [-0.2, 0) is 6.42 Å². The fourth-order valence-corrected chi connectivity index (χ4v) is 2.67. The van der Waals surface area contributed by atoms with E-state index in [1.807, 2.05) is 18.2 Å². The highest BCUT2D eigenvalue weighted by molar-refractivity contribution is 6.35. The van der Waals surface area contributed by atoms with Crippen LogP contribution in [0, 0.1) is 0 Å². The summed E-state index contributed by atoms with van der Waals surface area (Å²) in [5.41, 5.74) is 6.93. The van der Waals surface area contributed by atoms with Gasteiger partial charge in [-0.15, -0.1) is 0 Å². The van der Waals surface area contributed by atoms with Crippen molar-refractivity contribution in [3.63, 3.8) is 0 Å². The van der Waals surface area contributed by atoms with Crippen molar-refractivity contribution < 1.29 is 14.2 Å². The van der Waals surface area contributed by atoms with Gasteiger partial charge >= 0.3 is 0 Å². The molecule has 9 heteroatoms. The summed E-state index contributed by atoms with van der Waals surface area (Å²) in [4.78, 5) is 8.30. The number of guanidine groups is 1. The topological polar surface area (TPSA) is 91.0 Å². The molecule has 146 valence electrons. The molecule has 0 spiro atoms. The average molecular weight is 413 g/mol. The molecule has 0 saturated heterocycles. The molecule has 1 aromatic carbocycles. The van der Waals surface area contributed by atoms with E-state index in [1.54, 1.807) is 20.3 Å². The summed E-state index contributed by atoms with van der Waals surface area (Å²) in [6.07, 6.45) is 2.20. The second kappa shape index (κ2) is 10.7. The van der Waals surface area contributed by atoms with Crippen LogP contribution in [0.15, 0.2) is 35.5 Å². The second-order valence-corrected chi connectivity index (χ2v) is 6.27. The van der Waals surface area contributed by atoms with Crippen molar-refractivity contribution in [3.8, 4) is 17.4 Å². The summed E-state index contributed by atoms with van der Waals surface area (Å²) in [7, 11) is 3.21. The number of benzene rings is 1. The quantitative estimate of drug-likeness (QED) is 0.373. The van der Waals surface area contributed by atoms with Crippen LogP contribution in [0.2, 0.25) is 10.0 Å². The lowest BCUT2D eigenvalue weighted by Crippen LogP contribution is -2.35. The molecule has 0 bridgehead atoms. The van der Waals surface area contributed by atoms with E-state index in [-0.39, 0.29) is 0 Å². The number of nitrogens with two attached hydrogens (primary N) is 1. The number of hydrogen-bond donors (Lipinski definition) is 2. The van der Waals surface area contributed by atoms with E-state index in [0.717, 1.165) is 12.0 Å². The number of ether oxygens (including phenoxy) is 3. The van der Waals surface area contributed by atoms with Gasteiger partial charge < -0.3 is 25.3 Å². The van der Waals surface area contributed by atoms with E-state index >= 15 is 0 Å². The van der Waals surface area contributed by atoms with E-state index in [1.165, 1.54) is 6.20 Å². The molecule has 0 amide bonds. The molecule has 0 fully saturated rings.